The number of aryl methyl sites for hydroxylation is 1. The Labute approximate surface area is 160 Å². The molecule has 1 aliphatic rings. The molecule has 0 spiro atoms. The summed E-state index contributed by atoms with van der Waals surface area (Å²) in [6, 6.07) is 6.82. The van der Waals surface area contributed by atoms with Crippen molar-refractivity contribution in [2.75, 3.05) is 11.9 Å². The lowest BCUT2D eigenvalue weighted by molar-refractivity contribution is -0.119. The average molecular weight is 381 g/mol. The van der Waals surface area contributed by atoms with Crippen molar-refractivity contribution >= 4 is 28.3 Å². The lowest BCUT2D eigenvalue weighted by Crippen LogP contribution is -2.43. The SMILES string of the molecule is Cc1cnn(-c2ccc(C(=O)N3CCCC3C(=O)Nc3nccs3)cc2)c1. The van der Waals surface area contributed by atoms with E-state index in [2.05, 4.69) is 15.4 Å². The van der Waals surface area contributed by atoms with E-state index < -0.39 is 6.04 Å². The second-order valence-electron chi connectivity index (χ2n) is 6.49. The fraction of sp³-hybridized carbons (Fsp3) is 0.263. The van der Waals surface area contributed by atoms with Gasteiger partial charge in [0.25, 0.3) is 5.91 Å². The van der Waals surface area contributed by atoms with Gasteiger partial charge in [-0.25, -0.2) is 9.67 Å². The molecule has 0 aliphatic carbocycles. The van der Waals surface area contributed by atoms with Crippen molar-refractivity contribution < 1.29 is 9.59 Å². The van der Waals surface area contributed by atoms with Gasteiger partial charge in [0.15, 0.2) is 5.13 Å². The summed E-state index contributed by atoms with van der Waals surface area (Å²) >= 11 is 1.36. The summed E-state index contributed by atoms with van der Waals surface area (Å²) in [7, 11) is 0. The van der Waals surface area contributed by atoms with Crippen LogP contribution in [0.5, 0.6) is 0 Å². The molecule has 1 N–H and O–H groups in total. The second-order valence-corrected chi connectivity index (χ2v) is 7.39. The van der Waals surface area contributed by atoms with Crippen LogP contribution in [0.2, 0.25) is 0 Å². The Hall–Kier alpha value is -3.00. The standard InChI is InChI=1S/C19H19N5O2S/c1-13-11-21-24(12-13)15-6-4-14(5-7-15)18(26)23-9-2-3-16(23)17(25)22-19-20-8-10-27-19/h4-8,10-12,16H,2-3,9H2,1H3,(H,20,22,25). The van der Waals surface area contributed by atoms with Gasteiger partial charge in [0, 0.05) is 29.9 Å². The first-order valence-electron chi connectivity index (χ1n) is 8.75. The van der Waals surface area contributed by atoms with Crippen LogP contribution in [-0.4, -0.2) is 44.1 Å². The summed E-state index contributed by atoms with van der Waals surface area (Å²) in [5, 5.41) is 9.42. The van der Waals surface area contributed by atoms with Gasteiger partial charge in [-0.1, -0.05) is 0 Å². The highest BCUT2D eigenvalue weighted by Crippen LogP contribution is 2.23. The Bertz CT molecular complexity index is 949. The minimum absolute atomic E-state index is 0.130. The fourth-order valence-electron chi connectivity index (χ4n) is 3.23. The zero-order valence-corrected chi connectivity index (χ0v) is 15.6. The summed E-state index contributed by atoms with van der Waals surface area (Å²) < 4.78 is 1.77. The predicted octanol–water partition coefficient (Wildman–Crippen LogP) is 2.88. The molecule has 138 valence electrons. The first-order chi connectivity index (χ1) is 13.1. The zero-order valence-electron chi connectivity index (χ0n) is 14.8. The van der Waals surface area contributed by atoms with Gasteiger partial charge in [-0.15, -0.1) is 11.3 Å². The summed E-state index contributed by atoms with van der Waals surface area (Å²) in [6.07, 6.45) is 6.83. The highest BCUT2D eigenvalue weighted by Gasteiger charge is 2.34. The Kier molecular flexibility index (Phi) is 4.72. The minimum atomic E-state index is -0.463. The van der Waals surface area contributed by atoms with Crippen molar-refractivity contribution in [3.05, 3.63) is 59.4 Å². The van der Waals surface area contributed by atoms with Crippen LogP contribution in [0.25, 0.3) is 5.69 Å². The van der Waals surface area contributed by atoms with Crippen molar-refractivity contribution in [1.82, 2.24) is 19.7 Å². The number of amides is 2. The molecule has 0 saturated carbocycles. The summed E-state index contributed by atoms with van der Waals surface area (Å²) in [4.78, 5) is 31.2. The van der Waals surface area contributed by atoms with E-state index in [4.69, 9.17) is 0 Å². The Morgan fingerprint density at radius 2 is 2.07 bits per heavy atom. The molecule has 27 heavy (non-hydrogen) atoms. The monoisotopic (exact) mass is 381 g/mol. The van der Waals surface area contributed by atoms with E-state index in [9.17, 15) is 9.59 Å². The van der Waals surface area contributed by atoms with E-state index in [0.29, 0.717) is 23.7 Å². The van der Waals surface area contributed by atoms with E-state index in [0.717, 1.165) is 17.7 Å². The number of rotatable bonds is 4. The summed E-state index contributed by atoms with van der Waals surface area (Å²) in [6.45, 7) is 2.56. The molecule has 7 nitrogen and oxygen atoms in total. The van der Waals surface area contributed by atoms with Crippen LogP contribution < -0.4 is 5.32 Å². The number of carbonyl (C=O) groups excluding carboxylic acids is 2. The highest BCUT2D eigenvalue weighted by molar-refractivity contribution is 7.13. The predicted molar refractivity (Wildman–Crippen MR) is 103 cm³/mol. The van der Waals surface area contributed by atoms with Crippen LogP contribution in [-0.2, 0) is 4.79 Å². The third kappa shape index (κ3) is 3.61. The molecule has 3 heterocycles. The number of nitrogens with zero attached hydrogens (tertiary/aromatic N) is 4. The molecule has 3 aromatic rings. The molecule has 4 rings (SSSR count). The molecule has 2 aromatic heterocycles. The molecular weight excluding hydrogens is 362 g/mol. The van der Waals surface area contributed by atoms with Crippen molar-refractivity contribution in [3.8, 4) is 5.69 Å². The summed E-state index contributed by atoms with van der Waals surface area (Å²) in [5.74, 6) is -0.311. The Morgan fingerprint density at radius 3 is 2.74 bits per heavy atom. The van der Waals surface area contributed by atoms with Crippen LogP contribution in [0.15, 0.2) is 48.2 Å². The zero-order chi connectivity index (χ0) is 18.8. The number of hydrogen-bond acceptors (Lipinski definition) is 5. The molecule has 2 amide bonds. The van der Waals surface area contributed by atoms with Crippen LogP contribution in [0.3, 0.4) is 0 Å². The van der Waals surface area contributed by atoms with Crippen molar-refractivity contribution in [2.24, 2.45) is 0 Å². The van der Waals surface area contributed by atoms with Gasteiger partial charge in [0.05, 0.1) is 11.9 Å². The quantitative estimate of drug-likeness (QED) is 0.754. The molecular formula is C19H19N5O2S. The average Bonchev–Trinajstić information content (AvgIpc) is 3.43. The normalized spacial score (nSPS) is 16.5. The van der Waals surface area contributed by atoms with Crippen LogP contribution in [0, 0.1) is 6.92 Å². The first-order valence-corrected chi connectivity index (χ1v) is 9.63. The molecule has 1 atom stereocenters. The van der Waals surface area contributed by atoms with E-state index in [1.165, 1.54) is 11.3 Å². The number of thiazole rings is 1. The van der Waals surface area contributed by atoms with Gasteiger partial charge in [0.2, 0.25) is 5.91 Å². The molecule has 8 heteroatoms. The van der Waals surface area contributed by atoms with Crippen LogP contribution in [0.4, 0.5) is 5.13 Å². The van der Waals surface area contributed by atoms with Crippen molar-refractivity contribution in [1.29, 1.82) is 0 Å². The first kappa shape index (κ1) is 17.4. The number of carbonyl (C=O) groups is 2. The Morgan fingerprint density at radius 1 is 1.26 bits per heavy atom. The molecule has 1 unspecified atom stereocenters. The smallest absolute Gasteiger partial charge is 0.254 e. The maximum atomic E-state index is 12.9. The lowest BCUT2D eigenvalue weighted by atomic mass is 10.1. The topological polar surface area (TPSA) is 80.1 Å². The number of benzene rings is 1. The van der Waals surface area contributed by atoms with Gasteiger partial charge in [-0.3, -0.25) is 9.59 Å². The van der Waals surface area contributed by atoms with Gasteiger partial charge in [-0.05, 0) is 49.6 Å². The van der Waals surface area contributed by atoms with Crippen molar-refractivity contribution in [3.63, 3.8) is 0 Å². The van der Waals surface area contributed by atoms with E-state index in [1.54, 1.807) is 39.5 Å². The molecule has 1 aromatic carbocycles. The van der Waals surface area contributed by atoms with Crippen LogP contribution in [0.1, 0.15) is 28.8 Å². The van der Waals surface area contributed by atoms with Gasteiger partial charge < -0.3 is 10.2 Å². The highest BCUT2D eigenvalue weighted by atomic mass is 32.1. The maximum absolute atomic E-state index is 12.9. The fourth-order valence-corrected chi connectivity index (χ4v) is 3.76. The largest absolute Gasteiger partial charge is 0.327 e. The Balaban J connectivity index is 1.48. The van der Waals surface area contributed by atoms with E-state index >= 15 is 0 Å². The maximum Gasteiger partial charge on any atom is 0.254 e. The molecule has 1 saturated heterocycles. The summed E-state index contributed by atoms with van der Waals surface area (Å²) in [5.41, 5.74) is 2.53. The van der Waals surface area contributed by atoms with E-state index in [1.807, 2.05) is 25.3 Å². The molecule has 1 fully saturated rings. The number of likely N-dealkylation sites (tertiary alicyclic amines) is 1. The third-order valence-corrected chi connectivity index (χ3v) is 5.26. The third-order valence-electron chi connectivity index (χ3n) is 4.57. The van der Waals surface area contributed by atoms with Gasteiger partial charge in [0.1, 0.15) is 6.04 Å². The van der Waals surface area contributed by atoms with Gasteiger partial charge >= 0.3 is 0 Å². The number of anilines is 1. The van der Waals surface area contributed by atoms with Gasteiger partial charge in [-0.2, -0.15) is 5.10 Å². The second kappa shape index (κ2) is 7.32. The number of aromatic nitrogens is 3. The van der Waals surface area contributed by atoms with Crippen molar-refractivity contribution in [2.45, 2.75) is 25.8 Å². The lowest BCUT2D eigenvalue weighted by Gasteiger charge is -2.23. The van der Waals surface area contributed by atoms with E-state index in [-0.39, 0.29) is 11.8 Å². The molecule has 1 aliphatic heterocycles. The molecule has 0 radical (unpaired) electrons. The number of nitrogens with one attached hydrogen (secondary N) is 1. The van der Waals surface area contributed by atoms with Crippen LogP contribution >= 0.6 is 11.3 Å². The molecule has 0 bridgehead atoms. The number of hydrogen-bond donors (Lipinski definition) is 1. The minimum Gasteiger partial charge on any atom is -0.327 e.